The first kappa shape index (κ1) is 20.1. The zero-order chi connectivity index (χ0) is 19.8. The van der Waals surface area contributed by atoms with Gasteiger partial charge in [0, 0.05) is 38.3 Å². The van der Waals surface area contributed by atoms with Crippen molar-refractivity contribution < 1.29 is 13.2 Å². The van der Waals surface area contributed by atoms with Gasteiger partial charge in [-0.2, -0.15) is 4.31 Å². The van der Waals surface area contributed by atoms with Crippen molar-refractivity contribution in [2.45, 2.75) is 51.5 Å². The molecule has 1 amide bonds. The normalized spacial score (nSPS) is 25.7. The van der Waals surface area contributed by atoms with E-state index in [0.717, 1.165) is 17.7 Å². The highest BCUT2D eigenvalue weighted by Crippen LogP contribution is 2.32. The summed E-state index contributed by atoms with van der Waals surface area (Å²) in [5.74, 6) is 0.811. The van der Waals surface area contributed by atoms with E-state index in [4.69, 9.17) is 0 Å². The van der Waals surface area contributed by atoms with Crippen LogP contribution in [0.25, 0.3) is 0 Å². The summed E-state index contributed by atoms with van der Waals surface area (Å²) in [5.41, 5.74) is 1.76. The van der Waals surface area contributed by atoms with E-state index in [-0.39, 0.29) is 11.9 Å². The Kier molecular flexibility index (Phi) is 5.82. The monoisotopic (exact) mass is 393 g/mol. The van der Waals surface area contributed by atoms with Gasteiger partial charge in [0.15, 0.2) is 0 Å². The van der Waals surface area contributed by atoms with E-state index in [2.05, 4.69) is 19.2 Å². The zero-order valence-electron chi connectivity index (χ0n) is 16.7. The number of nitrogens with zero attached hydrogens (tertiary/aromatic N) is 2. The molecule has 2 heterocycles. The third-order valence-corrected chi connectivity index (χ3v) is 7.50. The molecule has 0 aromatic heterocycles. The molecule has 1 saturated heterocycles. The molecule has 150 valence electrons. The van der Waals surface area contributed by atoms with Gasteiger partial charge >= 0.3 is 0 Å². The summed E-state index contributed by atoms with van der Waals surface area (Å²) in [6.07, 6.45) is 1.59. The van der Waals surface area contributed by atoms with E-state index in [1.807, 2.05) is 13.8 Å². The number of hydrogen-bond donors (Lipinski definition) is 1. The molecule has 3 rings (SSSR count). The Morgan fingerprint density at radius 3 is 2.41 bits per heavy atom. The van der Waals surface area contributed by atoms with E-state index in [1.165, 1.54) is 0 Å². The minimum atomic E-state index is -3.50. The highest BCUT2D eigenvalue weighted by atomic mass is 32.2. The fourth-order valence-corrected chi connectivity index (χ4v) is 6.09. The number of rotatable bonds is 5. The van der Waals surface area contributed by atoms with Crippen LogP contribution in [-0.2, 0) is 21.2 Å². The Balaban J connectivity index is 1.80. The SMILES string of the molecule is CCN(CC)C(=O)C1Cc2cc(S(=O)(=O)N3CC(C)CC(C)C3)ccc2N1. The summed E-state index contributed by atoms with van der Waals surface area (Å²) in [7, 11) is -3.50. The number of piperidine rings is 1. The molecule has 1 aromatic rings. The van der Waals surface area contributed by atoms with Gasteiger partial charge in [-0.3, -0.25) is 4.79 Å². The number of benzene rings is 1. The molecule has 0 spiro atoms. The predicted octanol–water partition coefficient (Wildman–Crippen LogP) is 2.56. The van der Waals surface area contributed by atoms with Crippen LogP contribution in [0.3, 0.4) is 0 Å². The van der Waals surface area contributed by atoms with Crippen molar-refractivity contribution in [2.75, 3.05) is 31.5 Å². The lowest BCUT2D eigenvalue weighted by Crippen LogP contribution is -2.42. The first-order valence-electron chi connectivity index (χ1n) is 9.94. The molecule has 27 heavy (non-hydrogen) atoms. The standard InChI is InChI=1S/C20H31N3O3S/c1-5-22(6-2)20(24)19-11-16-10-17(7-8-18(16)21-19)27(25,26)23-12-14(3)9-15(4)13-23/h7-8,10,14-15,19,21H,5-6,9,11-13H2,1-4H3. The Bertz CT molecular complexity index is 795. The maximum atomic E-state index is 13.1. The van der Waals surface area contributed by atoms with Crippen LogP contribution >= 0.6 is 0 Å². The third kappa shape index (κ3) is 3.99. The molecule has 0 radical (unpaired) electrons. The molecule has 6 nitrogen and oxygen atoms in total. The van der Waals surface area contributed by atoms with Crippen molar-refractivity contribution in [1.29, 1.82) is 0 Å². The van der Waals surface area contributed by atoms with Crippen molar-refractivity contribution in [2.24, 2.45) is 11.8 Å². The molecule has 3 atom stereocenters. The van der Waals surface area contributed by atoms with Crippen LogP contribution in [0.2, 0.25) is 0 Å². The lowest BCUT2D eigenvalue weighted by molar-refractivity contribution is -0.131. The van der Waals surface area contributed by atoms with Crippen LogP contribution in [0.1, 0.15) is 39.7 Å². The number of hydrogen-bond acceptors (Lipinski definition) is 4. The number of fused-ring (bicyclic) bond motifs is 1. The summed E-state index contributed by atoms with van der Waals surface area (Å²) < 4.78 is 27.9. The molecule has 2 aliphatic rings. The Morgan fingerprint density at radius 2 is 1.81 bits per heavy atom. The lowest BCUT2D eigenvalue weighted by atomic mass is 9.94. The van der Waals surface area contributed by atoms with Crippen molar-refractivity contribution in [3.05, 3.63) is 23.8 Å². The van der Waals surface area contributed by atoms with Crippen LogP contribution in [-0.4, -0.2) is 55.8 Å². The summed E-state index contributed by atoms with van der Waals surface area (Å²) in [6, 6.07) is 4.90. The second-order valence-electron chi connectivity index (χ2n) is 8.00. The number of sulfonamides is 1. The summed E-state index contributed by atoms with van der Waals surface area (Å²) in [6.45, 7) is 10.6. The number of carbonyl (C=O) groups excluding carboxylic acids is 1. The topological polar surface area (TPSA) is 69.7 Å². The average molecular weight is 394 g/mol. The van der Waals surface area contributed by atoms with Gasteiger partial charge in [-0.1, -0.05) is 13.8 Å². The van der Waals surface area contributed by atoms with Crippen LogP contribution in [0.4, 0.5) is 5.69 Å². The van der Waals surface area contributed by atoms with Gasteiger partial charge in [-0.05, 0) is 55.9 Å². The number of carbonyl (C=O) groups is 1. The van der Waals surface area contributed by atoms with Gasteiger partial charge in [0.2, 0.25) is 15.9 Å². The quantitative estimate of drug-likeness (QED) is 0.835. The molecule has 1 N–H and O–H groups in total. The van der Waals surface area contributed by atoms with E-state index in [1.54, 1.807) is 27.4 Å². The van der Waals surface area contributed by atoms with E-state index >= 15 is 0 Å². The average Bonchev–Trinajstić information content (AvgIpc) is 3.05. The summed E-state index contributed by atoms with van der Waals surface area (Å²) in [4.78, 5) is 14.8. The van der Waals surface area contributed by atoms with Gasteiger partial charge in [0.25, 0.3) is 0 Å². The highest BCUT2D eigenvalue weighted by Gasteiger charge is 2.34. The molecule has 1 fully saturated rings. The minimum Gasteiger partial charge on any atom is -0.373 e. The molecule has 0 aliphatic carbocycles. The second kappa shape index (κ2) is 7.80. The molecule has 0 bridgehead atoms. The van der Waals surface area contributed by atoms with Crippen molar-refractivity contribution >= 4 is 21.6 Å². The van der Waals surface area contributed by atoms with E-state index in [9.17, 15) is 13.2 Å². The van der Waals surface area contributed by atoms with Crippen molar-refractivity contribution in [1.82, 2.24) is 9.21 Å². The molecular weight excluding hydrogens is 362 g/mol. The van der Waals surface area contributed by atoms with Gasteiger partial charge in [-0.15, -0.1) is 0 Å². The van der Waals surface area contributed by atoms with Gasteiger partial charge in [0.1, 0.15) is 6.04 Å². The Labute approximate surface area is 163 Å². The second-order valence-corrected chi connectivity index (χ2v) is 9.94. The molecule has 1 aromatic carbocycles. The predicted molar refractivity (Wildman–Crippen MR) is 107 cm³/mol. The molecule has 3 unspecified atom stereocenters. The van der Waals surface area contributed by atoms with Gasteiger partial charge < -0.3 is 10.2 Å². The van der Waals surface area contributed by atoms with E-state index < -0.39 is 10.0 Å². The maximum absolute atomic E-state index is 13.1. The minimum absolute atomic E-state index is 0.0688. The molecule has 7 heteroatoms. The van der Waals surface area contributed by atoms with E-state index in [0.29, 0.717) is 49.3 Å². The molecule has 0 saturated carbocycles. The maximum Gasteiger partial charge on any atom is 0.245 e. The van der Waals surface area contributed by atoms with Crippen molar-refractivity contribution in [3.8, 4) is 0 Å². The van der Waals surface area contributed by atoms with Crippen LogP contribution in [0.15, 0.2) is 23.1 Å². The van der Waals surface area contributed by atoms with Gasteiger partial charge in [-0.25, -0.2) is 8.42 Å². The molecular formula is C20H31N3O3S. The summed E-state index contributed by atoms with van der Waals surface area (Å²) >= 11 is 0. The Hall–Kier alpha value is -1.60. The largest absolute Gasteiger partial charge is 0.373 e. The third-order valence-electron chi connectivity index (χ3n) is 5.68. The smallest absolute Gasteiger partial charge is 0.245 e. The Morgan fingerprint density at radius 1 is 1.19 bits per heavy atom. The number of anilines is 1. The zero-order valence-corrected chi connectivity index (χ0v) is 17.6. The first-order chi connectivity index (χ1) is 12.8. The summed E-state index contributed by atoms with van der Waals surface area (Å²) in [5, 5.41) is 3.26. The van der Waals surface area contributed by atoms with Crippen LogP contribution in [0.5, 0.6) is 0 Å². The number of likely N-dealkylation sites (N-methyl/N-ethyl adjacent to an activating group) is 1. The van der Waals surface area contributed by atoms with Crippen LogP contribution in [0, 0.1) is 11.8 Å². The lowest BCUT2D eigenvalue weighted by Gasteiger charge is -2.34. The van der Waals surface area contributed by atoms with Gasteiger partial charge in [0.05, 0.1) is 4.90 Å². The first-order valence-corrected chi connectivity index (χ1v) is 11.4. The van der Waals surface area contributed by atoms with Crippen molar-refractivity contribution in [3.63, 3.8) is 0 Å². The highest BCUT2D eigenvalue weighted by molar-refractivity contribution is 7.89. The number of nitrogens with one attached hydrogen (secondary N) is 1. The fraction of sp³-hybridized carbons (Fsp3) is 0.650. The fourth-order valence-electron chi connectivity index (χ4n) is 4.35. The van der Waals surface area contributed by atoms with Crippen LogP contribution < -0.4 is 5.32 Å². The molecule has 2 aliphatic heterocycles. The number of amides is 1.